The van der Waals surface area contributed by atoms with Gasteiger partial charge in [-0.05, 0) is 30.5 Å². The fourth-order valence-electron chi connectivity index (χ4n) is 2.33. The zero-order valence-electron chi connectivity index (χ0n) is 9.77. The van der Waals surface area contributed by atoms with E-state index in [4.69, 9.17) is 5.11 Å². The van der Waals surface area contributed by atoms with Crippen LogP contribution >= 0.6 is 0 Å². The van der Waals surface area contributed by atoms with Crippen molar-refractivity contribution >= 4 is 6.09 Å². The second-order valence-electron chi connectivity index (χ2n) is 4.47. The molecular formula is C13H13FN2O2. The van der Waals surface area contributed by atoms with E-state index in [0.29, 0.717) is 31.5 Å². The molecule has 0 aliphatic carbocycles. The number of benzene rings is 1. The number of halogens is 1. The third kappa shape index (κ3) is 2.14. The van der Waals surface area contributed by atoms with E-state index in [0.717, 1.165) is 0 Å². The van der Waals surface area contributed by atoms with E-state index in [2.05, 4.69) is 6.07 Å². The molecule has 5 heteroatoms. The molecular weight excluding hydrogens is 235 g/mol. The predicted molar refractivity (Wildman–Crippen MR) is 62.5 cm³/mol. The summed E-state index contributed by atoms with van der Waals surface area (Å²) in [6, 6.07) is 8.23. The van der Waals surface area contributed by atoms with E-state index in [-0.39, 0.29) is 5.82 Å². The summed E-state index contributed by atoms with van der Waals surface area (Å²) in [7, 11) is 0. The molecule has 0 atom stereocenters. The van der Waals surface area contributed by atoms with E-state index in [9.17, 15) is 14.4 Å². The summed E-state index contributed by atoms with van der Waals surface area (Å²) in [5, 5.41) is 18.3. The van der Waals surface area contributed by atoms with Gasteiger partial charge in [-0.25, -0.2) is 9.18 Å². The molecule has 0 aromatic heterocycles. The Kier molecular flexibility index (Phi) is 3.19. The molecule has 1 fully saturated rings. The lowest BCUT2D eigenvalue weighted by molar-refractivity contribution is 0.125. The number of carboxylic acid groups (broad SMARTS) is 1. The summed E-state index contributed by atoms with van der Waals surface area (Å²) in [6.07, 6.45) is -0.167. The third-order valence-electron chi connectivity index (χ3n) is 3.48. The van der Waals surface area contributed by atoms with Gasteiger partial charge in [0, 0.05) is 13.1 Å². The Morgan fingerprint density at radius 2 is 2.11 bits per heavy atom. The molecule has 1 aromatic rings. The van der Waals surface area contributed by atoms with Gasteiger partial charge in [0.05, 0.1) is 11.5 Å². The number of amides is 1. The molecule has 1 aromatic carbocycles. The first-order chi connectivity index (χ1) is 8.57. The highest BCUT2D eigenvalue weighted by Gasteiger charge is 2.37. The molecule has 94 valence electrons. The summed E-state index contributed by atoms with van der Waals surface area (Å²) in [5.41, 5.74) is -0.135. The number of carbonyl (C=O) groups is 1. The van der Waals surface area contributed by atoms with Gasteiger partial charge in [-0.2, -0.15) is 5.26 Å². The Hall–Kier alpha value is -2.09. The van der Waals surface area contributed by atoms with Crippen molar-refractivity contribution in [2.45, 2.75) is 18.3 Å². The molecule has 1 aliphatic heterocycles. The highest BCUT2D eigenvalue weighted by Crippen LogP contribution is 2.35. The first-order valence-corrected chi connectivity index (χ1v) is 5.72. The van der Waals surface area contributed by atoms with Crippen LogP contribution in [-0.4, -0.2) is 29.2 Å². The van der Waals surface area contributed by atoms with Crippen LogP contribution in [0.15, 0.2) is 24.3 Å². The maximum absolute atomic E-state index is 13.2. The van der Waals surface area contributed by atoms with Crippen LogP contribution in [-0.2, 0) is 5.41 Å². The number of piperidine rings is 1. The summed E-state index contributed by atoms with van der Waals surface area (Å²) >= 11 is 0. The zero-order valence-corrected chi connectivity index (χ0v) is 9.77. The number of hydrogen-bond donors (Lipinski definition) is 1. The second-order valence-corrected chi connectivity index (χ2v) is 4.47. The van der Waals surface area contributed by atoms with E-state index < -0.39 is 11.5 Å². The van der Waals surface area contributed by atoms with Gasteiger partial charge in [0.2, 0.25) is 0 Å². The van der Waals surface area contributed by atoms with Crippen LogP contribution < -0.4 is 0 Å². The highest BCUT2D eigenvalue weighted by molar-refractivity contribution is 5.65. The van der Waals surface area contributed by atoms with Gasteiger partial charge in [-0.15, -0.1) is 0 Å². The van der Waals surface area contributed by atoms with Gasteiger partial charge < -0.3 is 10.0 Å². The van der Waals surface area contributed by atoms with Gasteiger partial charge >= 0.3 is 6.09 Å². The largest absolute Gasteiger partial charge is 0.465 e. The van der Waals surface area contributed by atoms with Crippen molar-refractivity contribution < 1.29 is 14.3 Å². The minimum absolute atomic E-state index is 0.305. The molecule has 0 spiro atoms. The van der Waals surface area contributed by atoms with Gasteiger partial charge in [0.25, 0.3) is 0 Å². The zero-order chi connectivity index (χ0) is 13.2. The monoisotopic (exact) mass is 248 g/mol. The summed E-state index contributed by atoms with van der Waals surface area (Å²) in [5.74, 6) is -0.372. The lowest BCUT2D eigenvalue weighted by Crippen LogP contribution is -2.44. The smallest absolute Gasteiger partial charge is 0.407 e. The fourth-order valence-corrected chi connectivity index (χ4v) is 2.33. The van der Waals surface area contributed by atoms with Crippen molar-refractivity contribution in [2.24, 2.45) is 0 Å². The average molecular weight is 248 g/mol. The van der Waals surface area contributed by atoms with Crippen LogP contribution in [0.2, 0.25) is 0 Å². The molecule has 1 aliphatic rings. The SMILES string of the molecule is N#CC1(c2cccc(F)c2)CCN(C(=O)O)CC1. The number of likely N-dealkylation sites (tertiary alicyclic amines) is 1. The summed E-state index contributed by atoms with van der Waals surface area (Å²) in [4.78, 5) is 12.1. The molecule has 18 heavy (non-hydrogen) atoms. The van der Waals surface area contributed by atoms with Gasteiger partial charge in [-0.3, -0.25) is 0 Å². The topological polar surface area (TPSA) is 64.3 Å². The van der Waals surface area contributed by atoms with Gasteiger partial charge in [-0.1, -0.05) is 12.1 Å². The molecule has 2 rings (SSSR count). The van der Waals surface area contributed by atoms with Crippen molar-refractivity contribution in [1.29, 1.82) is 5.26 Å². The quantitative estimate of drug-likeness (QED) is 0.829. The predicted octanol–water partition coefficient (Wildman–Crippen LogP) is 2.36. The lowest BCUT2D eigenvalue weighted by Gasteiger charge is -2.36. The van der Waals surface area contributed by atoms with Crippen molar-refractivity contribution in [3.05, 3.63) is 35.6 Å². The molecule has 4 nitrogen and oxygen atoms in total. The molecule has 0 unspecified atom stereocenters. The Labute approximate surface area is 104 Å². The van der Waals surface area contributed by atoms with Crippen molar-refractivity contribution in [3.8, 4) is 6.07 Å². The van der Waals surface area contributed by atoms with Gasteiger partial charge in [0.15, 0.2) is 0 Å². The van der Waals surface area contributed by atoms with E-state index in [1.807, 2.05) is 0 Å². The van der Waals surface area contributed by atoms with Crippen molar-refractivity contribution in [1.82, 2.24) is 4.90 Å². The van der Waals surface area contributed by atoms with Crippen molar-refractivity contribution in [2.75, 3.05) is 13.1 Å². The minimum Gasteiger partial charge on any atom is -0.465 e. The van der Waals surface area contributed by atoms with Crippen LogP contribution in [0.3, 0.4) is 0 Å². The molecule has 1 heterocycles. The second kappa shape index (κ2) is 4.65. The van der Waals surface area contributed by atoms with Crippen LogP contribution in [0.25, 0.3) is 0 Å². The van der Waals surface area contributed by atoms with Crippen LogP contribution in [0.4, 0.5) is 9.18 Å². The maximum atomic E-state index is 13.2. The fraction of sp³-hybridized carbons (Fsp3) is 0.385. The van der Waals surface area contributed by atoms with Gasteiger partial charge in [0.1, 0.15) is 5.82 Å². The molecule has 0 radical (unpaired) electrons. The Balaban J connectivity index is 2.25. The Morgan fingerprint density at radius 3 is 2.61 bits per heavy atom. The first kappa shape index (κ1) is 12.4. The van der Waals surface area contributed by atoms with E-state index in [1.165, 1.54) is 17.0 Å². The first-order valence-electron chi connectivity index (χ1n) is 5.72. The number of hydrogen-bond acceptors (Lipinski definition) is 2. The Bertz CT molecular complexity index is 502. The molecule has 0 bridgehead atoms. The van der Waals surface area contributed by atoms with E-state index >= 15 is 0 Å². The normalized spacial score (nSPS) is 18.1. The van der Waals surface area contributed by atoms with Crippen LogP contribution in [0.5, 0.6) is 0 Å². The summed E-state index contributed by atoms with van der Waals surface area (Å²) in [6.45, 7) is 0.610. The maximum Gasteiger partial charge on any atom is 0.407 e. The molecule has 1 saturated heterocycles. The number of nitriles is 1. The number of rotatable bonds is 1. The molecule has 1 amide bonds. The Morgan fingerprint density at radius 1 is 1.44 bits per heavy atom. The van der Waals surface area contributed by atoms with Crippen LogP contribution in [0.1, 0.15) is 18.4 Å². The standard InChI is InChI=1S/C13H13FN2O2/c14-11-3-1-2-10(8-11)13(9-15)4-6-16(7-5-13)12(17)18/h1-3,8H,4-7H2,(H,17,18). The summed E-state index contributed by atoms with van der Waals surface area (Å²) < 4.78 is 13.2. The lowest BCUT2D eigenvalue weighted by atomic mass is 9.74. The van der Waals surface area contributed by atoms with Crippen molar-refractivity contribution in [3.63, 3.8) is 0 Å². The molecule has 1 N–H and O–H groups in total. The van der Waals surface area contributed by atoms with E-state index in [1.54, 1.807) is 12.1 Å². The number of nitrogens with zero attached hydrogens (tertiary/aromatic N) is 2. The molecule has 0 saturated carbocycles. The highest BCUT2D eigenvalue weighted by atomic mass is 19.1. The minimum atomic E-state index is -0.971. The van der Waals surface area contributed by atoms with Crippen LogP contribution in [0, 0.1) is 17.1 Å². The third-order valence-corrected chi connectivity index (χ3v) is 3.48. The average Bonchev–Trinajstić information content (AvgIpc) is 2.38.